The van der Waals surface area contributed by atoms with Crippen molar-refractivity contribution >= 4 is 21.4 Å². The van der Waals surface area contributed by atoms with E-state index in [0.717, 1.165) is 18.2 Å². The fraction of sp³-hybridized carbons (Fsp3) is 0.300. The molecule has 0 bridgehead atoms. The van der Waals surface area contributed by atoms with Crippen LogP contribution >= 0.6 is 11.6 Å². The van der Waals surface area contributed by atoms with Gasteiger partial charge < -0.3 is 0 Å². The van der Waals surface area contributed by atoms with Crippen LogP contribution in [0.4, 0.5) is 0 Å². The van der Waals surface area contributed by atoms with Gasteiger partial charge in [-0.1, -0.05) is 24.6 Å². The van der Waals surface area contributed by atoms with Crippen molar-refractivity contribution in [3.63, 3.8) is 0 Å². The maximum atomic E-state index is 11.3. The van der Waals surface area contributed by atoms with Crippen LogP contribution in [0.2, 0.25) is 5.02 Å². The van der Waals surface area contributed by atoms with Crippen LogP contribution in [0, 0.1) is 6.42 Å². The molecule has 0 saturated heterocycles. The van der Waals surface area contributed by atoms with E-state index in [4.69, 9.17) is 11.6 Å². The molecular weight excluding hydrogens is 220 g/mol. The molecule has 4 heteroatoms. The molecule has 14 heavy (non-hydrogen) atoms. The standard InChI is InChI=1S/C10H12ClO2S/c1-3-4-8-5-6-9(11)10(7-8)14(2,12)13/h4-7H,3H2,1-2H3. The number of hydrogen-bond acceptors (Lipinski definition) is 2. The first-order chi connectivity index (χ1) is 6.45. The highest BCUT2D eigenvalue weighted by Gasteiger charge is 2.12. The van der Waals surface area contributed by atoms with Crippen LogP contribution in [0.15, 0.2) is 23.1 Å². The molecule has 2 nitrogen and oxygen atoms in total. The van der Waals surface area contributed by atoms with Gasteiger partial charge in [-0.05, 0) is 30.5 Å². The Morgan fingerprint density at radius 3 is 2.57 bits per heavy atom. The van der Waals surface area contributed by atoms with Crippen molar-refractivity contribution in [3.8, 4) is 0 Å². The maximum Gasteiger partial charge on any atom is 0.177 e. The lowest BCUT2D eigenvalue weighted by molar-refractivity contribution is 0.602. The van der Waals surface area contributed by atoms with Gasteiger partial charge in [-0.2, -0.15) is 0 Å². The van der Waals surface area contributed by atoms with E-state index >= 15 is 0 Å². The van der Waals surface area contributed by atoms with Crippen LogP contribution < -0.4 is 0 Å². The average molecular weight is 232 g/mol. The summed E-state index contributed by atoms with van der Waals surface area (Å²) in [5, 5.41) is 0.278. The molecular formula is C10H12ClO2S. The van der Waals surface area contributed by atoms with Gasteiger partial charge in [0.2, 0.25) is 0 Å². The fourth-order valence-electron chi connectivity index (χ4n) is 1.17. The molecule has 0 aliphatic rings. The molecule has 0 saturated carbocycles. The van der Waals surface area contributed by atoms with E-state index in [1.807, 2.05) is 13.3 Å². The van der Waals surface area contributed by atoms with Gasteiger partial charge in [-0.15, -0.1) is 0 Å². The zero-order valence-electron chi connectivity index (χ0n) is 8.12. The van der Waals surface area contributed by atoms with Gasteiger partial charge in [0.15, 0.2) is 9.84 Å². The Bertz CT molecular complexity index is 424. The minimum absolute atomic E-state index is 0.196. The predicted molar refractivity (Wildman–Crippen MR) is 58.3 cm³/mol. The van der Waals surface area contributed by atoms with E-state index in [9.17, 15) is 8.42 Å². The molecule has 0 aliphatic carbocycles. The summed E-state index contributed by atoms with van der Waals surface area (Å²) >= 11 is 5.79. The van der Waals surface area contributed by atoms with E-state index in [-0.39, 0.29) is 9.92 Å². The summed E-state index contributed by atoms with van der Waals surface area (Å²) < 4.78 is 22.6. The van der Waals surface area contributed by atoms with Crippen molar-refractivity contribution in [1.29, 1.82) is 0 Å². The minimum atomic E-state index is -3.23. The van der Waals surface area contributed by atoms with E-state index in [0.29, 0.717) is 0 Å². The van der Waals surface area contributed by atoms with Gasteiger partial charge in [-0.25, -0.2) is 8.42 Å². The summed E-state index contributed by atoms with van der Waals surface area (Å²) in [4.78, 5) is 0.196. The predicted octanol–water partition coefficient (Wildman–Crippen LogP) is 2.71. The van der Waals surface area contributed by atoms with Gasteiger partial charge >= 0.3 is 0 Å². The molecule has 0 atom stereocenters. The quantitative estimate of drug-likeness (QED) is 0.802. The summed E-state index contributed by atoms with van der Waals surface area (Å²) in [7, 11) is -3.23. The molecule has 1 aromatic carbocycles. The normalized spacial score (nSPS) is 11.6. The summed E-state index contributed by atoms with van der Waals surface area (Å²) in [5.74, 6) is 0. The fourth-order valence-corrected chi connectivity index (χ4v) is 2.48. The van der Waals surface area contributed by atoms with Crippen LogP contribution in [-0.2, 0) is 9.84 Å². The van der Waals surface area contributed by atoms with E-state index in [1.54, 1.807) is 18.2 Å². The van der Waals surface area contributed by atoms with Crippen molar-refractivity contribution in [1.82, 2.24) is 0 Å². The van der Waals surface area contributed by atoms with Gasteiger partial charge in [0, 0.05) is 6.26 Å². The smallest absolute Gasteiger partial charge is 0.177 e. The second-order valence-electron chi connectivity index (χ2n) is 3.07. The zero-order chi connectivity index (χ0) is 10.8. The van der Waals surface area contributed by atoms with Crippen LogP contribution in [-0.4, -0.2) is 14.7 Å². The monoisotopic (exact) mass is 231 g/mol. The lowest BCUT2D eigenvalue weighted by atomic mass is 10.1. The third-order valence-corrected chi connectivity index (χ3v) is 3.37. The third-order valence-electron chi connectivity index (χ3n) is 1.79. The summed E-state index contributed by atoms with van der Waals surface area (Å²) in [6, 6.07) is 5.01. The summed E-state index contributed by atoms with van der Waals surface area (Å²) in [6.07, 6.45) is 3.97. The lowest BCUT2D eigenvalue weighted by Crippen LogP contribution is -1.99. The molecule has 0 N–H and O–H groups in total. The van der Waals surface area contributed by atoms with E-state index in [1.165, 1.54) is 0 Å². The number of benzene rings is 1. The number of halogens is 1. The Morgan fingerprint density at radius 1 is 1.43 bits per heavy atom. The Kier molecular flexibility index (Phi) is 3.56. The van der Waals surface area contributed by atoms with Crippen LogP contribution in [0.3, 0.4) is 0 Å². The Labute approximate surface area is 89.8 Å². The first-order valence-corrected chi connectivity index (χ1v) is 6.55. The largest absolute Gasteiger partial charge is 0.224 e. The number of hydrogen-bond donors (Lipinski definition) is 0. The molecule has 77 valence electrons. The van der Waals surface area contributed by atoms with Crippen molar-refractivity contribution in [2.24, 2.45) is 0 Å². The molecule has 0 fully saturated rings. The Hall–Kier alpha value is -0.540. The highest BCUT2D eigenvalue weighted by Crippen LogP contribution is 2.23. The van der Waals surface area contributed by atoms with Crippen LogP contribution in [0.1, 0.15) is 18.9 Å². The van der Waals surface area contributed by atoms with Gasteiger partial charge in [0.25, 0.3) is 0 Å². The van der Waals surface area contributed by atoms with Crippen molar-refractivity contribution in [2.75, 3.05) is 6.26 Å². The lowest BCUT2D eigenvalue weighted by Gasteiger charge is -2.04. The Balaban J connectivity index is 3.22. The third kappa shape index (κ3) is 2.72. The molecule has 0 heterocycles. The molecule has 1 radical (unpaired) electrons. The highest BCUT2D eigenvalue weighted by molar-refractivity contribution is 7.90. The van der Waals surface area contributed by atoms with Crippen molar-refractivity contribution < 1.29 is 8.42 Å². The SMILES string of the molecule is CC[CH]c1ccc(Cl)c(S(C)(=O)=O)c1. The zero-order valence-corrected chi connectivity index (χ0v) is 9.69. The molecule has 0 spiro atoms. The second kappa shape index (κ2) is 4.32. The topological polar surface area (TPSA) is 34.1 Å². The molecule has 0 unspecified atom stereocenters. The molecule has 0 aliphatic heterocycles. The number of sulfone groups is 1. The van der Waals surface area contributed by atoms with Crippen LogP contribution in [0.25, 0.3) is 0 Å². The first kappa shape index (κ1) is 11.5. The molecule has 1 rings (SSSR count). The van der Waals surface area contributed by atoms with Gasteiger partial charge in [0.05, 0.1) is 9.92 Å². The summed E-state index contributed by atoms with van der Waals surface area (Å²) in [5.41, 5.74) is 0.886. The van der Waals surface area contributed by atoms with E-state index < -0.39 is 9.84 Å². The second-order valence-corrected chi connectivity index (χ2v) is 5.47. The molecule has 0 amide bonds. The highest BCUT2D eigenvalue weighted by atomic mass is 35.5. The number of rotatable bonds is 3. The van der Waals surface area contributed by atoms with Gasteiger partial charge in [0.1, 0.15) is 0 Å². The van der Waals surface area contributed by atoms with Crippen molar-refractivity contribution in [3.05, 3.63) is 35.2 Å². The minimum Gasteiger partial charge on any atom is -0.224 e. The summed E-state index contributed by atoms with van der Waals surface area (Å²) in [6.45, 7) is 1.99. The van der Waals surface area contributed by atoms with Gasteiger partial charge in [-0.3, -0.25) is 0 Å². The Morgan fingerprint density at radius 2 is 2.07 bits per heavy atom. The van der Waals surface area contributed by atoms with Crippen LogP contribution in [0.5, 0.6) is 0 Å². The average Bonchev–Trinajstić information content (AvgIpc) is 2.07. The van der Waals surface area contributed by atoms with Crippen molar-refractivity contribution in [2.45, 2.75) is 18.2 Å². The van der Waals surface area contributed by atoms with E-state index in [2.05, 4.69) is 0 Å². The first-order valence-electron chi connectivity index (χ1n) is 4.28. The maximum absolute atomic E-state index is 11.3. The molecule has 0 aromatic heterocycles. The molecule has 1 aromatic rings.